The average molecular weight is 338 g/mol. The molecular formula is C19H26N6. The molecule has 2 aliphatic rings. The molecule has 25 heavy (non-hydrogen) atoms. The molecular weight excluding hydrogens is 312 g/mol. The summed E-state index contributed by atoms with van der Waals surface area (Å²) in [7, 11) is 0. The van der Waals surface area contributed by atoms with Crippen LogP contribution in [-0.4, -0.2) is 59.1 Å². The lowest BCUT2D eigenvalue weighted by Crippen LogP contribution is -2.46. The normalized spacial score (nSPS) is 18.8. The van der Waals surface area contributed by atoms with E-state index in [0.29, 0.717) is 0 Å². The van der Waals surface area contributed by atoms with Gasteiger partial charge in [0, 0.05) is 58.2 Å². The smallest absolute Gasteiger partial charge is 0.227 e. The summed E-state index contributed by atoms with van der Waals surface area (Å²) < 4.78 is 0. The van der Waals surface area contributed by atoms with Crippen molar-refractivity contribution in [2.24, 2.45) is 0 Å². The number of pyridine rings is 1. The largest absolute Gasteiger partial charge is 0.356 e. The van der Waals surface area contributed by atoms with Gasteiger partial charge < -0.3 is 9.80 Å². The van der Waals surface area contributed by atoms with Gasteiger partial charge in [-0.3, -0.25) is 9.88 Å². The van der Waals surface area contributed by atoms with Crippen LogP contribution in [-0.2, 0) is 6.54 Å². The van der Waals surface area contributed by atoms with Crippen LogP contribution in [0.15, 0.2) is 30.6 Å². The number of hydrogen-bond acceptors (Lipinski definition) is 6. The van der Waals surface area contributed by atoms with Crippen molar-refractivity contribution >= 4 is 11.8 Å². The van der Waals surface area contributed by atoms with Crippen molar-refractivity contribution in [1.29, 1.82) is 0 Å². The molecule has 0 saturated carbocycles. The van der Waals surface area contributed by atoms with Crippen LogP contribution in [0.2, 0.25) is 0 Å². The topological polar surface area (TPSA) is 48.4 Å². The molecule has 0 bridgehead atoms. The van der Waals surface area contributed by atoms with Gasteiger partial charge in [-0.2, -0.15) is 4.98 Å². The highest BCUT2D eigenvalue weighted by Crippen LogP contribution is 2.20. The molecule has 2 aromatic heterocycles. The number of nitrogens with zero attached hydrogens (tertiary/aromatic N) is 6. The Balaban J connectivity index is 1.37. The van der Waals surface area contributed by atoms with Crippen LogP contribution in [0.25, 0.3) is 0 Å². The van der Waals surface area contributed by atoms with E-state index >= 15 is 0 Å². The maximum Gasteiger partial charge on any atom is 0.227 e. The van der Waals surface area contributed by atoms with Gasteiger partial charge in [0.25, 0.3) is 0 Å². The van der Waals surface area contributed by atoms with Crippen molar-refractivity contribution < 1.29 is 0 Å². The summed E-state index contributed by atoms with van der Waals surface area (Å²) in [4.78, 5) is 21.0. The third-order valence-corrected chi connectivity index (χ3v) is 5.20. The number of rotatable bonds is 4. The fraction of sp³-hybridized carbons (Fsp3) is 0.526. The van der Waals surface area contributed by atoms with Crippen LogP contribution in [0, 0.1) is 6.92 Å². The van der Waals surface area contributed by atoms with Crippen molar-refractivity contribution in [3.63, 3.8) is 0 Å². The molecule has 2 aromatic rings. The molecule has 2 saturated heterocycles. The second-order valence-corrected chi connectivity index (χ2v) is 6.94. The number of anilines is 2. The monoisotopic (exact) mass is 338 g/mol. The van der Waals surface area contributed by atoms with Crippen molar-refractivity contribution in [2.45, 2.75) is 26.3 Å². The van der Waals surface area contributed by atoms with E-state index in [0.717, 1.165) is 57.6 Å². The molecule has 0 radical (unpaired) electrons. The first kappa shape index (κ1) is 16.3. The van der Waals surface area contributed by atoms with Gasteiger partial charge in [0.2, 0.25) is 5.95 Å². The Bertz CT molecular complexity index is 705. The van der Waals surface area contributed by atoms with Gasteiger partial charge in [-0.1, -0.05) is 6.07 Å². The quantitative estimate of drug-likeness (QED) is 0.851. The van der Waals surface area contributed by atoms with Crippen molar-refractivity contribution in [2.75, 3.05) is 49.1 Å². The number of aromatic nitrogens is 3. The minimum atomic E-state index is 0.873. The summed E-state index contributed by atoms with van der Waals surface area (Å²) in [5, 5.41) is 0. The molecule has 0 unspecified atom stereocenters. The Kier molecular flexibility index (Phi) is 4.78. The first-order valence-corrected chi connectivity index (χ1v) is 9.25. The summed E-state index contributed by atoms with van der Waals surface area (Å²) in [5.74, 6) is 1.95. The molecule has 2 aliphatic heterocycles. The van der Waals surface area contributed by atoms with Crippen LogP contribution in [0.1, 0.15) is 24.1 Å². The van der Waals surface area contributed by atoms with E-state index in [9.17, 15) is 0 Å². The summed E-state index contributed by atoms with van der Waals surface area (Å²) in [5.41, 5.74) is 2.45. The maximum atomic E-state index is 4.81. The Labute approximate surface area is 149 Å². The second kappa shape index (κ2) is 7.35. The number of aryl methyl sites for hydroxylation is 1. The Morgan fingerprint density at radius 1 is 0.880 bits per heavy atom. The standard InChI is InChI=1S/C19H26N6/c1-16-5-4-7-20-17(16)15-23-11-13-25(14-12-23)19-21-8-6-18(22-19)24-9-2-3-10-24/h4-8H,2-3,9-15H2,1H3. The molecule has 2 fully saturated rings. The second-order valence-electron chi connectivity index (χ2n) is 6.94. The van der Waals surface area contributed by atoms with E-state index in [4.69, 9.17) is 4.98 Å². The summed E-state index contributed by atoms with van der Waals surface area (Å²) in [6.45, 7) is 9.28. The van der Waals surface area contributed by atoms with Crippen LogP contribution in [0.3, 0.4) is 0 Å². The highest BCUT2D eigenvalue weighted by Gasteiger charge is 2.21. The van der Waals surface area contributed by atoms with Crippen LogP contribution in [0.4, 0.5) is 11.8 Å². The molecule has 6 heteroatoms. The predicted molar refractivity (Wildman–Crippen MR) is 99.9 cm³/mol. The average Bonchev–Trinajstić information content (AvgIpc) is 3.19. The molecule has 4 rings (SSSR count). The molecule has 4 heterocycles. The fourth-order valence-electron chi connectivity index (χ4n) is 3.62. The van der Waals surface area contributed by atoms with Gasteiger partial charge in [0.05, 0.1) is 5.69 Å². The molecule has 0 atom stereocenters. The number of piperazine rings is 1. The van der Waals surface area contributed by atoms with Gasteiger partial charge >= 0.3 is 0 Å². The van der Waals surface area contributed by atoms with E-state index < -0.39 is 0 Å². The summed E-state index contributed by atoms with van der Waals surface area (Å²) >= 11 is 0. The molecule has 6 nitrogen and oxygen atoms in total. The van der Waals surface area contributed by atoms with Crippen molar-refractivity contribution in [3.05, 3.63) is 41.9 Å². The molecule has 132 valence electrons. The van der Waals surface area contributed by atoms with E-state index in [2.05, 4.69) is 37.7 Å². The SMILES string of the molecule is Cc1cccnc1CN1CCN(c2nccc(N3CCCC3)n2)CC1. The Morgan fingerprint density at radius 3 is 2.44 bits per heavy atom. The first-order chi connectivity index (χ1) is 12.3. The van der Waals surface area contributed by atoms with Crippen LogP contribution >= 0.6 is 0 Å². The molecule has 0 N–H and O–H groups in total. The zero-order chi connectivity index (χ0) is 17.1. The van der Waals surface area contributed by atoms with Crippen molar-refractivity contribution in [3.8, 4) is 0 Å². The van der Waals surface area contributed by atoms with Gasteiger partial charge in [0.15, 0.2) is 0 Å². The van der Waals surface area contributed by atoms with Crippen LogP contribution in [0.5, 0.6) is 0 Å². The lowest BCUT2D eigenvalue weighted by Gasteiger charge is -2.35. The van der Waals surface area contributed by atoms with E-state index in [-0.39, 0.29) is 0 Å². The van der Waals surface area contributed by atoms with Gasteiger partial charge in [-0.15, -0.1) is 0 Å². The lowest BCUT2D eigenvalue weighted by molar-refractivity contribution is 0.245. The predicted octanol–water partition coefficient (Wildman–Crippen LogP) is 2.10. The first-order valence-electron chi connectivity index (χ1n) is 9.25. The molecule has 0 aromatic carbocycles. The summed E-state index contributed by atoms with van der Waals surface area (Å²) in [6.07, 6.45) is 6.33. The molecule has 0 aliphatic carbocycles. The Morgan fingerprint density at radius 2 is 1.68 bits per heavy atom. The number of hydrogen-bond donors (Lipinski definition) is 0. The van der Waals surface area contributed by atoms with E-state index in [1.807, 2.05) is 24.5 Å². The van der Waals surface area contributed by atoms with E-state index in [1.54, 1.807) is 0 Å². The third-order valence-electron chi connectivity index (χ3n) is 5.20. The van der Waals surface area contributed by atoms with Gasteiger partial charge in [0.1, 0.15) is 5.82 Å². The van der Waals surface area contributed by atoms with Gasteiger partial charge in [-0.05, 0) is 37.5 Å². The lowest BCUT2D eigenvalue weighted by atomic mass is 10.2. The third kappa shape index (κ3) is 3.74. The van der Waals surface area contributed by atoms with E-state index in [1.165, 1.54) is 24.1 Å². The highest BCUT2D eigenvalue weighted by atomic mass is 15.3. The summed E-state index contributed by atoms with van der Waals surface area (Å²) in [6, 6.07) is 6.17. The maximum absolute atomic E-state index is 4.81. The molecule has 0 amide bonds. The van der Waals surface area contributed by atoms with Crippen molar-refractivity contribution in [1.82, 2.24) is 19.9 Å². The Hall–Kier alpha value is -2.21. The zero-order valence-corrected chi connectivity index (χ0v) is 14.9. The minimum Gasteiger partial charge on any atom is -0.356 e. The zero-order valence-electron chi connectivity index (χ0n) is 14.9. The molecule has 0 spiro atoms. The van der Waals surface area contributed by atoms with Crippen LogP contribution < -0.4 is 9.80 Å². The highest BCUT2D eigenvalue weighted by molar-refractivity contribution is 5.44. The fourth-order valence-corrected chi connectivity index (χ4v) is 3.62. The minimum absolute atomic E-state index is 0.873. The van der Waals surface area contributed by atoms with Gasteiger partial charge in [-0.25, -0.2) is 4.98 Å².